The topological polar surface area (TPSA) is 12.0 Å². The Morgan fingerprint density at radius 3 is 2.36 bits per heavy atom. The Morgan fingerprint density at radius 2 is 1.79 bits per heavy atom. The van der Waals surface area contributed by atoms with Crippen LogP contribution in [0.2, 0.25) is 0 Å². The van der Waals surface area contributed by atoms with E-state index in [1.165, 1.54) is 44.9 Å². The Hall–Kier alpha value is -0.0400. The van der Waals surface area contributed by atoms with E-state index in [2.05, 4.69) is 26.2 Å². The van der Waals surface area contributed by atoms with Crippen molar-refractivity contribution < 1.29 is 0 Å². The predicted octanol–water partition coefficient (Wildman–Crippen LogP) is 3.59. The molecule has 0 aliphatic heterocycles. The number of nitrogens with one attached hydrogen (secondary N) is 1. The number of hydrogen-bond donors (Lipinski definition) is 1. The van der Waals surface area contributed by atoms with E-state index in [1.54, 1.807) is 0 Å². The van der Waals surface area contributed by atoms with Crippen LogP contribution < -0.4 is 5.32 Å². The molecule has 0 bridgehead atoms. The highest BCUT2D eigenvalue weighted by atomic mass is 14.8. The molecule has 1 saturated carbocycles. The second kappa shape index (κ2) is 6.44. The van der Waals surface area contributed by atoms with E-state index in [9.17, 15) is 0 Å². The van der Waals surface area contributed by atoms with Crippen molar-refractivity contribution in [3.8, 4) is 0 Å². The van der Waals surface area contributed by atoms with Gasteiger partial charge in [0.05, 0.1) is 0 Å². The minimum atomic E-state index is 0.700. The molecule has 0 spiro atoms. The second-order valence-electron chi connectivity index (χ2n) is 5.14. The van der Waals surface area contributed by atoms with Gasteiger partial charge >= 0.3 is 0 Å². The first-order valence-corrected chi connectivity index (χ1v) is 6.41. The van der Waals surface area contributed by atoms with Crippen molar-refractivity contribution in [3.05, 3.63) is 0 Å². The molecule has 1 fully saturated rings. The van der Waals surface area contributed by atoms with Crippen LogP contribution in [-0.2, 0) is 0 Å². The van der Waals surface area contributed by atoms with E-state index in [0.29, 0.717) is 6.04 Å². The Labute approximate surface area is 89.7 Å². The molecule has 1 nitrogen and oxygen atoms in total. The van der Waals surface area contributed by atoms with Gasteiger partial charge in [-0.25, -0.2) is 0 Å². The van der Waals surface area contributed by atoms with Gasteiger partial charge in [0, 0.05) is 6.04 Å². The van der Waals surface area contributed by atoms with Crippen LogP contribution in [0, 0.1) is 11.8 Å². The molecule has 1 heteroatoms. The molecule has 0 heterocycles. The molecule has 0 aromatic rings. The van der Waals surface area contributed by atoms with Crippen LogP contribution in [0.5, 0.6) is 0 Å². The van der Waals surface area contributed by atoms with Crippen LogP contribution >= 0.6 is 0 Å². The zero-order valence-corrected chi connectivity index (χ0v) is 10.2. The van der Waals surface area contributed by atoms with Gasteiger partial charge in [-0.2, -0.15) is 0 Å². The summed E-state index contributed by atoms with van der Waals surface area (Å²) in [4.78, 5) is 0. The third-order valence-electron chi connectivity index (χ3n) is 3.99. The molecule has 1 aliphatic carbocycles. The highest BCUT2D eigenvalue weighted by molar-refractivity contribution is 4.73. The van der Waals surface area contributed by atoms with Crippen molar-refractivity contribution in [1.29, 1.82) is 0 Å². The molecule has 1 rings (SSSR count). The van der Waals surface area contributed by atoms with Crippen molar-refractivity contribution in [2.75, 3.05) is 7.05 Å². The summed E-state index contributed by atoms with van der Waals surface area (Å²) in [6.45, 7) is 4.74. The third-order valence-corrected chi connectivity index (χ3v) is 3.99. The molecule has 1 N–H and O–H groups in total. The Balaban J connectivity index is 2.05. The normalized spacial score (nSPS) is 22.5. The van der Waals surface area contributed by atoms with E-state index >= 15 is 0 Å². The van der Waals surface area contributed by atoms with Crippen molar-refractivity contribution in [2.24, 2.45) is 11.8 Å². The lowest BCUT2D eigenvalue weighted by molar-refractivity contribution is 0.329. The van der Waals surface area contributed by atoms with Crippen molar-refractivity contribution in [3.63, 3.8) is 0 Å². The van der Waals surface area contributed by atoms with Crippen molar-refractivity contribution in [2.45, 2.75) is 64.8 Å². The number of hydrogen-bond acceptors (Lipinski definition) is 1. The lowest BCUT2D eigenvalue weighted by Gasteiger charge is -2.19. The van der Waals surface area contributed by atoms with Crippen LogP contribution in [0.4, 0.5) is 0 Å². The zero-order chi connectivity index (χ0) is 10.4. The van der Waals surface area contributed by atoms with Gasteiger partial charge in [-0.3, -0.25) is 0 Å². The largest absolute Gasteiger partial charge is 0.317 e. The average Bonchev–Trinajstić information content (AvgIpc) is 2.70. The van der Waals surface area contributed by atoms with Gasteiger partial charge in [-0.15, -0.1) is 0 Å². The van der Waals surface area contributed by atoms with Gasteiger partial charge in [0.1, 0.15) is 0 Å². The molecule has 84 valence electrons. The van der Waals surface area contributed by atoms with E-state index in [0.717, 1.165) is 11.8 Å². The first-order valence-electron chi connectivity index (χ1n) is 6.41. The molecule has 1 aliphatic rings. The smallest absolute Gasteiger partial charge is 0.00357 e. The maximum Gasteiger partial charge on any atom is 0.00357 e. The maximum absolute atomic E-state index is 3.31. The van der Waals surface area contributed by atoms with Crippen molar-refractivity contribution in [1.82, 2.24) is 5.32 Å². The quantitative estimate of drug-likeness (QED) is 0.686. The SMILES string of the molecule is CNC(C)CCCC(C)C1CCCC1. The Bertz CT molecular complexity index is 138. The van der Waals surface area contributed by atoms with Crippen LogP contribution in [0.25, 0.3) is 0 Å². The summed E-state index contributed by atoms with van der Waals surface area (Å²) in [6, 6.07) is 0.700. The molecule has 0 saturated heterocycles. The van der Waals surface area contributed by atoms with Gasteiger partial charge in [0.25, 0.3) is 0 Å². The summed E-state index contributed by atoms with van der Waals surface area (Å²) in [5, 5.41) is 3.31. The van der Waals surface area contributed by atoms with E-state index < -0.39 is 0 Å². The van der Waals surface area contributed by atoms with E-state index in [4.69, 9.17) is 0 Å². The van der Waals surface area contributed by atoms with Gasteiger partial charge in [0.2, 0.25) is 0 Å². The molecule has 2 unspecified atom stereocenters. The summed E-state index contributed by atoms with van der Waals surface area (Å²) in [5.74, 6) is 2.03. The average molecular weight is 197 g/mol. The standard InChI is InChI=1S/C13H27N/c1-11(13-9-4-5-10-13)7-6-8-12(2)14-3/h11-14H,4-10H2,1-3H3. The Morgan fingerprint density at radius 1 is 1.14 bits per heavy atom. The maximum atomic E-state index is 3.31. The molecule has 0 amide bonds. The summed E-state index contributed by atoms with van der Waals surface area (Å²) >= 11 is 0. The molecular formula is C13H27N. The summed E-state index contributed by atoms with van der Waals surface area (Å²) in [6.07, 6.45) is 10.2. The summed E-state index contributed by atoms with van der Waals surface area (Å²) in [7, 11) is 2.06. The lowest BCUT2D eigenvalue weighted by Crippen LogP contribution is -2.21. The molecule has 0 aromatic carbocycles. The summed E-state index contributed by atoms with van der Waals surface area (Å²) in [5.41, 5.74) is 0. The fraction of sp³-hybridized carbons (Fsp3) is 1.00. The molecular weight excluding hydrogens is 170 g/mol. The van der Waals surface area contributed by atoms with Gasteiger partial charge in [0.15, 0.2) is 0 Å². The predicted molar refractivity (Wildman–Crippen MR) is 63.5 cm³/mol. The fourth-order valence-electron chi connectivity index (χ4n) is 2.65. The van der Waals surface area contributed by atoms with E-state index in [-0.39, 0.29) is 0 Å². The molecule has 14 heavy (non-hydrogen) atoms. The monoisotopic (exact) mass is 197 g/mol. The van der Waals surface area contributed by atoms with E-state index in [1.807, 2.05) is 0 Å². The fourth-order valence-corrected chi connectivity index (χ4v) is 2.65. The molecule has 2 atom stereocenters. The summed E-state index contributed by atoms with van der Waals surface area (Å²) < 4.78 is 0. The van der Waals surface area contributed by atoms with Crippen molar-refractivity contribution >= 4 is 0 Å². The van der Waals surface area contributed by atoms with Gasteiger partial charge in [-0.1, -0.05) is 45.4 Å². The minimum absolute atomic E-state index is 0.700. The second-order valence-corrected chi connectivity index (χ2v) is 5.14. The molecule has 0 radical (unpaired) electrons. The highest BCUT2D eigenvalue weighted by Crippen LogP contribution is 2.33. The minimum Gasteiger partial charge on any atom is -0.317 e. The van der Waals surface area contributed by atoms with Crippen LogP contribution in [-0.4, -0.2) is 13.1 Å². The lowest BCUT2D eigenvalue weighted by atomic mass is 9.88. The van der Waals surface area contributed by atoms with Crippen LogP contribution in [0.3, 0.4) is 0 Å². The first-order chi connectivity index (χ1) is 6.74. The molecule has 0 aromatic heterocycles. The van der Waals surface area contributed by atoms with Gasteiger partial charge < -0.3 is 5.32 Å². The van der Waals surface area contributed by atoms with Gasteiger partial charge in [-0.05, 0) is 32.2 Å². The zero-order valence-electron chi connectivity index (χ0n) is 10.2. The highest BCUT2D eigenvalue weighted by Gasteiger charge is 2.20. The third kappa shape index (κ3) is 4.00. The first kappa shape index (κ1) is 12.0. The Kier molecular flexibility index (Phi) is 5.54. The van der Waals surface area contributed by atoms with Crippen LogP contribution in [0.1, 0.15) is 58.8 Å². The van der Waals surface area contributed by atoms with Crippen LogP contribution in [0.15, 0.2) is 0 Å². The number of rotatable bonds is 6.